The molecule has 1 saturated heterocycles. The van der Waals surface area contributed by atoms with Crippen LogP contribution < -0.4 is 5.73 Å². The van der Waals surface area contributed by atoms with Crippen LogP contribution in [0.5, 0.6) is 0 Å². The lowest BCUT2D eigenvalue weighted by Gasteiger charge is -2.22. The Labute approximate surface area is 112 Å². The zero-order chi connectivity index (χ0) is 11.8. The number of amides is 1. The van der Waals surface area contributed by atoms with Gasteiger partial charge in [0.2, 0.25) is 0 Å². The fraction of sp³-hybridized carbons (Fsp3) is 0.583. The summed E-state index contributed by atoms with van der Waals surface area (Å²) in [4.78, 5) is 15.0. The van der Waals surface area contributed by atoms with Crippen molar-refractivity contribution in [1.82, 2.24) is 4.90 Å². The molecular formula is C12H19ClN2OS. The van der Waals surface area contributed by atoms with Crippen LogP contribution in [-0.4, -0.2) is 30.4 Å². The molecule has 96 valence electrons. The summed E-state index contributed by atoms with van der Waals surface area (Å²) in [5, 5.41) is 1.97. The molecule has 1 aliphatic rings. The summed E-state index contributed by atoms with van der Waals surface area (Å²) in [5.74, 6) is 0.171. The number of thiophene rings is 1. The zero-order valence-electron chi connectivity index (χ0n) is 10.2. The number of hydrogen-bond donors (Lipinski definition) is 1. The van der Waals surface area contributed by atoms with Crippen LogP contribution in [0.3, 0.4) is 0 Å². The fourth-order valence-electron chi connectivity index (χ4n) is 2.10. The van der Waals surface area contributed by atoms with Gasteiger partial charge >= 0.3 is 0 Å². The zero-order valence-corrected chi connectivity index (χ0v) is 11.9. The average Bonchev–Trinajstić information content (AvgIpc) is 2.85. The van der Waals surface area contributed by atoms with E-state index >= 15 is 0 Å². The van der Waals surface area contributed by atoms with Crippen molar-refractivity contribution in [3.63, 3.8) is 0 Å². The molecule has 0 aromatic carbocycles. The molecule has 0 spiro atoms. The Hall–Kier alpha value is -0.580. The number of likely N-dealkylation sites (tertiary alicyclic amines) is 1. The Bertz CT molecular complexity index is 407. The molecule has 1 atom stereocenters. The summed E-state index contributed by atoms with van der Waals surface area (Å²) in [6.45, 7) is 6.42. The van der Waals surface area contributed by atoms with Gasteiger partial charge in [-0.15, -0.1) is 23.7 Å². The highest BCUT2D eigenvalue weighted by Gasteiger charge is 2.35. The lowest BCUT2D eigenvalue weighted by atomic mass is 9.90. The van der Waals surface area contributed by atoms with E-state index in [1.807, 2.05) is 23.3 Å². The highest BCUT2D eigenvalue weighted by molar-refractivity contribution is 7.12. The second-order valence-electron chi connectivity index (χ2n) is 4.92. The average molecular weight is 275 g/mol. The Morgan fingerprint density at radius 2 is 2.35 bits per heavy atom. The summed E-state index contributed by atoms with van der Waals surface area (Å²) >= 11 is 1.53. The van der Waals surface area contributed by atoms with E-state index in [9.17, 15) is 4.79 Å². The fourth-order valence-corrected chi connectivity index (χ4v) is 2.99. The van der Waals surface area contributed by atoms with E-state index in [0.717, 1.165) is 30.0 Å². The topological polar surface area (TPSA) is 46.3 Å². The number of nitrogens with zero attached hydrogens (tertiary/aromatic N) is 1. The van der Waals surface area contributed by atoms with Gasteiger partial charge in [0.1, 0.15) is 0 Å². The van der Waals surface area contributed by atoms with E-state index in [2.05, 4.69) is 6.92 Å². The van der Waals surface area contributed by atoms with Crippen molar-refractivity contribution in [3.8, 4) is 0 Å². The van der Waals surface area contributed by atoms with Crippen molar-refractivity contribution in [2.75, 3.05) is 19.6 Å². The highest BCUT2D eigenvalue weighted by Crippen LogP contribution is 2.30. The number of rotatable bonds is 2. The maximum absolute atomic E-state index is 12.2. The molecule has 0 bridgehead atoms. The first kappa shape index (κ1) is 14.5. The molecule has 0 radical (unpaired) electrons. The molecule has 1 amide bonds. The first-order chi connectivity index (χ1) is 7.56. The number of nitrogens with two attached hydrogens (primary N) is 1. The van der Waals surface area contributed by atoms with Crippen LogP contribution in [0.15, 0.2) is 11.4 Å². The third-order valence-electron chi connectivity index (χ3n) is 3.39. The number of halogens is 1. The number of hydrogen-bond acceptors (Lipinski definition) is 3. The predicted molar refractivity (Wildman–Crippen MR) is 74.0 cm³/mol. The number of aryl methyl sites for hydroxylation is 1. The van der Waals surface area contributed by atoms with Gasteiger partial charge in [0.05, 0.1) is 4.88 Å². The van der Waals surface area contributed by atoms with Crippen LogP contribution in [0.1, 0.15) is 28.6 Å². The van der Waals surface area contributed by atoms with Crippen molar-refractivity contribution in [2.45, 2.75) is 20.3 Å². The molecule has 2 heterocycles. The summed E-state index contributed by atoms with van der Waals surface area (Å²) in [7, 11) is 0. The molecule has 3 nitrogen and oxygen atoms in total. The second kappa shape index (κ2) is 5.38. The first-order valence-corrected chi connectivity index (χ1v) is 6.47. The molecule has 2 rings (SSSR count). The van der Waals surface area contributed by atoms with Gasteiger partial charge in [-0.3, -0.25) is 4.79 Å². The molecule has 1 aromatic rings. The number of carbonyl (C=O) groups excluding carboxylic acids is 1. The Morgan fingerprint density at radius 1 is 1.65 bits per heavy atom. The molecule has 0 saturated carbocycles. The van der Waals surface area contributed by atoms with E-state index in [4.69, 9.17) is 5.73 Å². The van der Waals surface area contributed by atoms with Crippen LogP contribution in [0, 0.1) is 12.3 Å². The Balaban J connectivity index is 0.00000144. The van der Waals surface area contributed by atoms with E-state index in [-0.39, 0.29) is 23.7 Å². The van der Waals surface area contributed by atoms with Gasteiger partial charge in [0.15, 0.2) is 0 Å². The van der Waals surface area contributed by atoms with Gasteiger partial charge in [0, 0.05) is 13.1 Å². The molecule has 1 aromatic heterocycles. The van der Waals surface area contributed by atoms with Gasteiger partial charge in [-0.1, -0.05) is 6.92 Å². The lowest BCUT2D eigenvalue weighted by Crippen LogP contribution is -2.34. The summed E-state index contributed by atoms with van der Waals surface area (Å²) in [6, 6.07) is 2.00. The third kappa shape index (κ3) is 2.81. The Morgan fingerprint density at radius 3 is 2.82 bits per heavy atom. The monoisotopic (exact) mass is 274 g/mol. The maximum atomic E-state index is 12.2. The van der Waals surface area contributed by atoms with Crippen LogP contribution in [0.2, 0.25) is 0 Å². The minimum atomic E-state index is 0. The maximum Gasteiger partial charge on any atom is 0.264 e. The van der Waals surface area contributed by atoms with Crippen molar-refractivity contribution in [1.29, 1.82) is 0 Å². The lowest BCUT2D eigenvalue weighted by molar-refractivity contribution is 0.0781. The van der Waals surface area contributed by atoms with Crippen molar-refractivity contribution < 1.29 is 4.79 Å². The molecule has 17 heavy (non-hydrogen) atoms. The molecule has 0 aliphatic carbocycles. The minimum Gasteiger partial charge on any atom is -0.337 e. The molecular weight excluding hydrogens is 256 g/mol. The molecule has 1 aliphatic heterocycles. The third-order valence-corrected chi connectivity index (χ3v) is 4.40. The quantitative estimate of drug-likeness (QED) is 0.899. The van der Waals surface area contributed by atoms with Gasteiger partial charge in [-0.25, -0.2) is 0 Å². The van der Waals surface area contributed by atoms with Crippen LogP contribution in [-0.2, 0) is 0 Å². The molecule has 1 unspecified atom stereocenters. The highest BCUT2D eigenvalue weighted by atomic mass is 35.5. The standard InChI is InChI=1S/C12H18N2OS.ClH/c1-9-3-6-16-10(9)11(15)14-5-4-12(2,7-13)8-14;/h3,6H,4-5,7-8,13H2,1-2H3;1H. The van der Waals surface area contributed by atoms with E-state index in [0.29, 0.717) is 6.54 Å². The molecule has 1 fully saturated rings. The van der Waals surface area contributed by atoms with Crippen LogP contribution in [0.4, 0.5) is 0 Å². The van der Waals surface area contributed by atoms with Gasteiger partial charge < -0.3 is 10.6 Å². The second-order valence-corrected chi connectivity index (χ2v) is 5.84. The van der Waals surface area contributed by atoms with Crippen LogP contribution >= 0.6 is 23.7 Å². The van der Waals surface area contributed by atoms with Crippen molar-refractivity contribution in [2.24, 2.45) is 11.1 Å². The van der Waals surface area contributed by atoms with E-state index < -0.39 is 0 Å². The SMILES string of the molecule is Cc1ccsc1C(=O)N1CCC(C)(CN)C1.Cl. The molecule has 5 heteroatoms. The van der Waals surface area contributed by atoms with Crippen LogP contribution in [0.25, 0.3) is 0 Å². The van der Waals surface area contributed by atoms with E-state index in [1.165, 1.54) is 11.3 Å². The van der Waals surface area contributed by atoms with Gasteiger partial charge in [-0.2, -0.15) is 0 Å². The summed E-state index contributed by atoms with van der Waals surface area (Å²) in [6.07, 6.45) is 1.01. The van der Waals surface area contributed by atoms with Crippen molar-refractivity contribution in [3.05, 3.63) is 21.9 Å². The molecule has 2 N–H and O–H groups in total. The summed E-state index contributed by atoms with van der Waals surface area (Å²) < 4.78 is 0. The smallest absolute Gasteiger partial charge is 0.264 e. The predicted octanol–water partition coefficient (Wildman–Crippen LogP) is 2.29. The largest absolute Gasteiger partial charge is 0.337 e. The van der Waals surface area contributed by atoms with Gasteiger partial charge in [0.25, 0.3) is 5.91 Å². The van der Waals surface area contributed by atoms with E-state index in [1.54, 1.807) is 0 Å². The van der Waals surface area contributed by atoms with Crippen molar-refractivity contribution >= 4 is 29.7 Å². The number of carbonyl (C=O) groups is 1. The normalized spacial score (nSPS) is 23.6. The summed E-state index contributed by atoms with van der Waals surface area (Å²) in [5.41, 5.74) is 6.94. The minimum absolute atomic E-state index is 0. The first-order valence-electron chi connectivity index (χ1n) is 5.59. The Kier molecular flexibility index (Phi) is 4.58. The van der Waals surface area contributed by atoms with Gasteiger partial charge in [-0.05, 0) is 42.3 Å².